The second-order valence-corrected chi connectivity index (χ2v) is 3.22. The number of benzene rings is 1. The molecule has 15 heavy (non-hydrogen) atoms. The van der Waals surface area contributed by atoms with E-state index in [1.54, 1.807) is 6.92 Å². The van der Waals surface area contributed by atoms with Gasteiger partial charge in [-0.2, -0.15) is 0 Å². The number of nitrogens with two attached hydrogens (primary N) is 1. The summed E-state index contributed by atoms with van der Waals surface area (Å²) < 4.78 is 17.9. The molecule has 1 heterocycles. The highest BCUT2D eigenvalue weighted by atomic mass is 19.1. The van der Waals surface area contributed by atoms with Gasteiger partial charge in [0.15, 0.2) is 0 Å². The Balaban J connectivity index is 2.64. The molecule has 0 saturated carbocycles. The lowest BCUT2D eigenvalue weighted by atomic mass is 10.1. The Bertz CT molecular complexity index is 508. The minimum atomic E-state index is -0.414. The Labute approximate surface area is 85.1 Å². The molecule has 0 radical (unpaired) electrons. The molecule has 2 aromatic rings. The van der Waals surface area contributed by atoms with E-state index in [9.17, 15) is 9.50 Å². The van der Waals surface area contributed by atoms with E-state index in [1.165, 1.54) is 18.3 Å². The molecule has 5 heteroatoms. The summed E-state index contributed by atoms with van der Waals surface area (Å²) in [5.41, 5.74) is 6.49. The minimum absolute atomic E-state index is 0.0496. The average molecular weight is 208 g/mol. The van der Waals surface area contributed by atoms with Crippen molar-refractivity contribution in [1.29, 1.82) is 0 Å². The number of hydrogen-bond acceptors (Lipinski definition) is 4. The van der Waals surface area contributed by atoms with Crippen LogP contribution in [0.15, 0.2) is 22.9 Å². The Kier molecular flexibility index (Phi) is 2.07. The van der Waals surface area contributed by atoms with Crippen LogP contribution in [0.1, 0.15) is 5.56 Å². The first-order chi connectivity index (χ1) is 7.09. The number of phenols is 1. The van der Waals surface area contributed by atoms with Crippen molar-refractivity contribution < 1.29 is 14.0 Å². The third-order valence-electron chi connectivity index (χ3n) is 2.17. The molecule has 2 rings (SSSR count). The molecule has 0 unspecified atom stereocenters. The fraction of sp³-hybridized carbons (Fsp3) is 0.100. The summed E-state index contributed by atoms with van der Waals surface area (Å²) in [4.78, 5) is 0. The van der Waals surface area contributed by atoms with E-state index in [2.05, 4.69) is 9.68 Å². The van der Waals surface area contributed by atoms with Gasteiger partial charge in [-0.05, 0) is 24.6 Å². The molecule has 0 saturated heterocycles. The van der Waals surface area contributed by atoms with Gasteiger partial charge in [0.2, 0.25) is 5.88 Å². The predicted molar refractivity (Wildman–Crippen MR) is 52.7 cm³/mol. The number of phenolic OH excluding ortho intramolecular Hbond substituents is 1. The van der Waals surface area contributed by atoms with Crippen LogP contribution in [0.3, 0.4) is 0 Å². The summed E-state index contributed by atoms with van der Waals surface area (Å²) in [5, 5.41) is 13.1. The van der Waals surface area contributed by atoms with Gasteiger partial charge in [-0.3, -0.25) is 0 Å². The van der Waals surface area contributed by atoms with E-state index in [0.29, 0.717) is 11.1 Å². The van der Waals surface area contributed by atoms with Crippen molar-refractivity contribution >= 4 is 5.88 Å². The molecule has 1 aromatic heterocycles. The molecular formula is C10H9FN2O2. The van der Waals surface area contributed by atoms with Gasteiger partial charge in [0, 0.05) is 5.56 Å². The number of hydrogen-bond donors (Lipinski definition) is 2. The molecule has 0 amide bonds. The van der Waals surface area contributed by atoms with Crippen molar-refractivity contribution in [3.05, 3.63) is 29.7 Å². The van der Waals surface area contributed by atoms with E-state index >= 15 is 0 Å². The van der Waals surface area contributed by atoms with Crippen molar-refractivity contribution in [3.63, 3.8) is 0 Å². The number of aromatic hydroxyl groups is 1. The first-order valence-electron chi connectivity index (χ1n) is 4.29. The highest BCUT2D eigenvalue weighted by Crippen LogP contribution is 2.34. The number of anilines is 1. The fourth-order valence-electron chi connectivity index (χ4n) is 1.33. The highest BCUT2D eigenvalue weighted by Gasteiger charge is 2.13. The summed E-state index contributed by atoms with van der Waals surface area (Å²) in [6, 6.07) is 2.53. The summed E-state index contributed by atoms with van der Waals surface area (Å²) in [6.45, 7) is 1.57. The lowest BCUT2D eigenvalue weighted by Gasteiger charge is -2.04. The second kappa shape index (κ2) is 3.27. The van der Waals surface area contributed by atoms with Gasteiger partial charge in [-0.1, -0.05) is 5.16 Å². The zero-order chi connectivity index (χ0) is 11.0. The smallest absolute Gasteiger partial charge is 0.230 e. The van der Waals surface area contributed by atoms with Crippen LogP contribution in [0.2, 0.25) is 0 Å². The first kappa shape index (κ1) is 9.51. The van der Waals surface area contributed by atoms with Crippen LogP contribution < -0.4 is 5.73 Å². The molecule has 4 nitrogen and oxygen atoms in total. The third-order valence-corrected chi connectivity index (χ3v) is 2.17. The number of nitrogen functional groups attached to an aromatic ring is 1. The van der Waals surface area contributed by atoms with E-state index in [-0.39, 0.29) is 17.2 Å². The molecule has 0 spiro atoms. The molecule has 0 aliphatic carbocycles. The van der Waals surface area contributed by atoms with Crippen molar-refractivity contribution in [3.8, 4) is 16.9 Å². The zero-order valence-corrected chi connectivity index (χ0v) is 7.99. The maximum absolute atomic E-state index is 13.3. The monoisotopic (exact) mass is 208 g/mol. The van der Waals surface area contributed by atoms with Crippen molar-refractivity contribution in [2.45, 2.75) is 6.92 Å². The normalized spacial score (nSPS) is 10.5. The van der Waals surface area contributed by atoms with Gasteiger partial charge in [-0.25, -0.2) is 4.39 Å². The van der Waals surface area contributed by atoms with Crippen LogP contribution in [0.5, 0.6) is 5.75 Å². The van der Waals surface area contributed by atoms with Crippen LogP contribution in [-0.2, 0) is 0 Å². The van der Waals surface area contributed by atoms with Gasteiger partial charge in [-0.15, -0.1) is 0 Å². The Morgan fingerprint density at radius 2 is 2.13 bits per heavy atom. The molecule has 0 aliphatic rings. The summed E-state index contributed by atoms with van der Waals surface area (Å²) in [5.74, 6) is -0.416. The Morgan fingerprint density at radius 3 is 2.73 bits per heavy atom. The van der Waals surface area contributed by atoms with E-state index in [1.807, 2.05) is 0 Å². The van der Waals surface area contributed by atoms with Crippen LogP contribution >= 0.6 is 0 Å². The number of aryl methyl sites for hydroxylation is 1. The molecule has 0 atom stereocenters. The topological polar surface area (TPSA) is 72.3 Å². The number of rotatable bonds is 1. The summed E-state index contributed by atoms with van der Waals surface area (Å²) in [6.07, 6.45) is 1.33. The zero-order valence-electron chi connectivity index (χ0n) is 7.99. The quantitative estimate of drug-likeness (QED) is 0.752. The summed E-state index contributed by atoms with van der Waals surface area (Å²) >= 11 is 0. The largest absolute Gasteiger partial charge is 0.507 e. The number of aromatic nitrogens is 1. The fourth-order valence-corrected chi connectivity index (χ4v) is 1.33. The lowest BCUT2D eigenvalue weighted by Crippen LogP contribution is -1.88. The van der Waals surface area contributed by atoms with Crippen LogP contribution in [-0.4, -0.2) is 10.3 Å². The number of nitrogens with zero attached hydrogens (tertiary/aromatic N) is 1. The van der Waals surface area contributed by atoms with E-state index in [0.717, 1.165) is 0 Å². The van der Waals surface area contributed by atoms with Crippen molar-refractivity contribution in [1.82, 2.24) is 5.16 Å². The molecule has 1 aromatic carbocycles. The van der Waals surface area contributed by atoms with Crippen molar-refractivity contribution in [2.75, 3.05) is 5.73 Å². The molecular weight excluding hydrogens is 199 g/mol. The van der Waals surface area contributed by atoms with Gasteiger partial charge < -0.3 is 15.4 Å². The molecule has 0 bridgehead atoms. The SMILES string of the molecule is Cc1cc(O)c(-c2cnoc2N)cc1F. The van der Waals surface area contributed by atoms with E-state index in [4.69, 9.17) is 5.73 Å². The summed E-state index contributed by atoms with van der Waals surface area (Å²) in [7, 11) is 0. The maximum atomic E-state index is 13.3. The lowest BCUT2D eigenvalue weighted by molar-refractivity contribution is 0.436. The predicted octanol–water partition coefficient (Wildman–Crippen LogP) is 2.08. The standard InChI is InChI=1S/C10H9FN2O2/c1-5-2-9(14)6(3-8(5)11)7-4-13-15-10(7)12/h2-4,14H,12H2,1H3. The molecule has 78 valence electrons. The van der Waals surface area contributed by atoms with Crippen molar-refractivity contribution in [2.24, 2.45) is 0 Å². The van der Waals surface area contributed by atoms with E-state index < -0.39 is 5.82 Å². The maximum Gasteiger partial charge on any atom is 0.230 e. The second-order valence-electron chi connectivity index (χ2n) is 3.22. The average Bonchev–Trinajstić information content (AvgIpc) is 2.58. The van der Waals surface area contributed by atoms with Gasteiger partial charge in [0.1, 0.15) is 11.6 Å². The first-order valence-corrected chi connectivity index (χ1v) is 4.29. The third kappa shape index (κ3) is 1.52. The Morgan fingerprint density at radius 1 is 1.40 bits per heavy atom. The highest BCUT2D eigenvalue weighted by molar-refractivity contribution is 5.77. The Hall–Kier alpha value is -2.04. The van der Waals surface area contributed by atoms with Crippen LogP contribution in [0.4, 0.5) is 10.3 Å². The van der Waals surface area contributed by atoms with Crippen LogP contribution in [0.25, 0.3) is 11.1 Å². The van der Waals surface area contributed by atoms with Gasteiger partial charge in [0.05, 0.1) is 11.8 Å². The molecule has 0 fully saturated rings. The molecule has 3 N–H and O–H groups in total. The van der Waals surface area contributed by atoms with Gasteiger partial charge >= 0.3 is 0 Å². The van der Waals surface area contributed by atoms with Crippen LogP contribution in [0, 0.1) is 12.7 Å². The van der Waals surface area contributed by atoms with Gasteiger partial charge in [0.25, 0.3) is 0 Å². The number of halogens is 1. The molecule has 0 aliphatic heterocycles. The minimum Gasteiger partial charge on any atom is -0.507 e.